The summed E-state index contributed by atoms with van der Waals surface area (Å²) in [6.45, 7) is 1.76. The molecule has 0 amide bonds. The number of hydrogen-bond acceptors (Lipinski definition) is 4. The minimum Gasteiger partial charge on any atom is -0.381 e. The van der Waals surface area contributed by atoms with Gasteiger partial charge in [0.1, 0.15) is 0 Å². The van der Waals surface area contributed by atoms with Crippen LogP contribution in [-0.4, -0.2) is 52.6 Å². The molecule has 3 aliphatic rings. The maximum Gasteiger partial charge on any atom is 0.156 e. The highest BCUT2D eigenvalue weighted by atomic mass is 16.5. The Morgan fingerprint density at radius 2 is 1.81 bits per heavy atom. The number of imidazole rings is 1. The van der Waals surface area contributed by atoms with Gasteiger partial charge in [-0.1, -0.05) is 6.08 Å². The number of fused-ring (bicyclic) bond motifs is 3. The summed E-state index contributed by atoms with van der Waals surface area (Å²) >= 11 is 0. The van der Waals surface area contributed by atoms with E-state index in [9.17, 15) is 0 Å². The largest absolute Gasteiger partial charge is 0.381 e. The zero-order chi connectivity index (χ0) is 18.4. The van der Waals surface area contributed by atoms with Gasteiger partial charge in [0.2, 0.25) is 0 Å². The van der Waals surface area contributed by atoms with Gasteiger partial charge in [-0.25, -0.2) is 4.98 Å². The molecule has 2 aromatic heterocycles. The quantitative estimate of drug-likeness (QED) is 0.831. The summed E-state index contributed by atoms with van der Waals surface area (Å²) in [6, 6.07) is 0.729. The third kappa shape index (κ3) is 3.11. The van der Waals surface area contributed by atoms with Gasteiger partial charge in [-0.2, -0.15) is 0 Å². The highest BCUT2D eigenvalue weighted by molar-refractivity contribution is 5.73. The number of aromatic nitrogens is 3. The van der Waals surface area contributed by atoms with Crippen LogP contribution in [0.2, 0.25) is 0 Å². The van der Waals surface area contributed by atoms with Gasteiger partial charge in [0.05, 0.1) is 23.3 Å². The van der Waals surface area contributed by atoms with E-state index in [4.69, 9.17) is 14.7 Å². The number of rotatable bonds is 3. The molecule has 27 heavy (non-hydrogen) atoms. The van der Waals surface area contributed by atoms with Crippen LogP contribution in [0.3, 0.4) is 0 Å². The van der Waals surface area contributed by atoms with Crippen LogP contribution in [-0.2, 0) is 11.2 Å². The van der Waals surface area contributed by atoms with E-state index in [-0.39, 0.29) is 0 Å². The first kappa shape index (κ1) is 17.4. The standard InChI is InChI=1S/C22H30N4O/c1-25(2)17-5-3-16(4-6-17)20-14-26-21(24-20)13-23-19-8-7-18(22(19)26)15-9-11-27-12-10-15/h7,13-17H,3-6,8-12H2,1-2H3. The Bertz CT molecular complexity index is 855. The van der Waals surface area contributed by atoms with E-state index in [1.54, 1.807) is 0 Å². The van der Waals surface area contributed by atoms with E-state index in [1.165, 1.54) is 48.3 Å². The topological polar surface area (TPSA) is 42.7 Å². The lowest BCUT2D eigenvalue weighted by atomic mass is 9.84. The summed E-state index contributed by atoms with van der Waals surface area (Å²) in [6.07, 6.45) is 14.9. The molecule has 5 heteroatoms. The van der Waals surface area contributed by atoms with Crippen molar-refractivity contribution < 1.29 is 4.74 Å². The van der Waals surface area contributed by atoms with Crippen molar-refractivity contribution in [3.05, 3.63) is 35.6 Å². The van der Waals surface area contributed by atoms with Gasteiger partial charge < -0.3 is 9.64 Å². The van der Waals surface area contributed by atoms with Crippen LogP contribution in [0.5, 0.6) is 0 Å². The fourth-order valence-electron chi connectivity index (χ4n) is 5.23. The lowest BCUT2D eigenvalue weighted by Crippen LogP contribution is -2.31. The van der Waals surface area contributed by atoms with Crippen LogP contribution in [0.25, 0.3) is 11.2 Å². The third-order valence-corrected chi connectivity index (χ3v) is 6.90. The minimum atomic E-state index is 0.591. The third-order valence-electron chi connectivity index (χ3n) is 6.90. The summed E-state index contributed by atoms with van der Waals surface area (Å²) in [5.41, 5.74) is 6.29. The molecule has 1 aliphatic heterocycles. The lowest BCUT2D eigenvalue weighted by molar-refractivity contribution is 0.0807. The monoisotopic (exact) mass is 366 g/mol. The van der Waals surface area contributed by atoms with Gasteiger partial charge in [0.25, 0.3) is 0 Å². The Balaban J connectivity index is 1.44. The highest BCUT2D eigenvalue weighted by Gasteiger charge is 2.29. The summed E-state index contributed by atoms with van der Waals surface area (Å²) in [5.74, 6) is 1.20. The number of nitrogens with zero attached hydrogens (tertiary/aromatic N) is 4. The Morgan fingerprint density at radius 1 is 1.04 bits per heavy atom. The van der Waals surface area contributed by atoms with Gasteiger partial charge >= 0.3 is 0 Å². The van der Waals surface area contributed by atoms with Crippen LogP contribution in [0.15, 0.2) is 18.5 Å². The molecular formula is C22H30N4O. The smallest absolute Gasteiger partial charge is 0.156 e. The van der Waals surface area contributed by atoms with Crippen LogP contribution < -0.4 is 0 Å². The van der Waals surface area contributed by atoms with E-state index in [2.05, 4.69) is 35.7 Å². The van der Waals surface area contributed by atoms with Crippen molar-refractivity contribution in [3.8, 4) is 0 Å². The molecule has 0 unspecified atom stereocenters. The second-order valence-corrected chi connectivity index (χ2v) is 8.67. The average molecular weight is 367 g/mol. The molecule has 0 spiro atoms. The predicted molar refractivity (Wildman–Crippen MR) is 107 cm³/mol. The summed E-state index contributed by atoms with van der Waals surface area (Å²) in [4.78, 5) is 12.1. The second kappa shape index (κ2) is 7.02. The fourth-order valence-corrected chi connectivity index (χ4v) is 5.23. The van der Waals surface area contributed by atoms with Crippen LogP contribution >= 0.6 is 0 Å². The van der Waals surface area contributed by atoms with Gasteiger partial charge in [0, 0.05) is 37.8 Å². The summed E-state index contributed by atoms with van der Waals surface area (Å²) < 4.78 is 7.92. The maximum absolute atomic E-state index is 5.58. The van der Waals surface area contributed by atoms with E-state index in [1.807, 2.05) is 6.20 Å². The molecule has 0 atom stereocenters. The minimum absolute atomic E-state index is 0.591. The van der Waals surface area contributed by atoms with E-state index in [0.29, 0.717) is 11.8 Å². The van der Waals surface area contributed by atoms with Gasteiger partial charge in [-0.05, 0) is 64.1 Å². The maximum atomic E-state index is 5.58. The molecule has 2 fully saturated rings. The van der Waals surface area contributed by atoms with Crippen LogP contribution in [0.1, 0.15) is 61.5 Å². The summed E-state index contributed by atoms with van der Waals surface area (Å²) in [5, 5.41) is 0. The number of allylic oxidation sites excluding steroid dienone is 2. The highest BCUT2D eigenvalue weighted by Crippen LogP contribution is 2.39. The van der Waals surface area contributed by atoms with Gasteiger partial charge in [0.15, 0.2) is 5.65 Å². The zero-order valence-electron chi connectivity index (χ0n) is 16.5. The predicted octanol–water partition coefficient (Wildman–Crippen LogP) is 3.68. The van der Waals surface area contributed by atoms with Crippen LogP contribution in [0, 0.1) is 5.92 Å². The van der Waals surface area contributed by atoms with Crippen molar-refractivity contribution in [2.75, 3.05) is 27.3 Å². The molecule has 144 valence electrons. The molecule has 0 bridgehead atoms. The first-order chi connectivity index (χ1) is 13.2. The van der Waals surface area contributed by atoms with Crippen molar-refractivity contribution in [1.29, 1.82) is 0 Å². The number of hydrogen-bond donors (Lipinski definition) is 0. The van der Waals surface area contributed by atoms with Crippen molar-refractivity contribution >= 4 is 11.2 Å². The van der Waals surface area contributed by atoms with Crippen LogP contribution in [0.4, 0.5) is 0 Å². The second-order valence-electron chi connectivity index (χ2n) is 8.67. The molecule has 2 aliphatic carbocycles. The zero-order valence-corrected chi connectivity index (χ0v) is 16.5. The fraction of sp³-hybridized carbons (Fsp3) is 0.636. The molecule has 1 saturated carbocycles. The normalized spacial score (nSPS) is 26.6. The molecular weight excluding hydrogens is 336 g/mol. The summed E-state index contributed by atoms with van der Waals surface area (Å²) in [7, 11) is 4.41. The molecule has 1 saturated heterocycles. The molecule has 5 rings (SSSR count). The Hall–Kier alpha value is -1.72. The Labute approximate surface area is 161 Å². The molecule has 3 heterocycles. The Kier molecular flexibility index (Phi) is 4.52. The molecule has 0 radical (unpaired) electrons. The lowest BCUT2D eigenvalue weighted by Gasteiger charge is -2.31. The first-order valence-corrected chi connectivity index (χ1v) is 10.5. The van der Waals surface area contributed by atoms with E-state index in [0.717, 1.165) is 44.2 Å². The van der Waals surface area contributed by atoms with Gasteiger partial charge in [-0.3, -0.25) is 9.38 Å². The first-order valence-electron chi connectivity index (χ1n) is 10.5. The van der Waals surface area contributed by atoms with Crippen molar-refractivity contribution in [3.63, 3.8) is 0 Å². The number of ether oxygens (including phenoxy) is 1. The molecule has 2 aromatic rings. The van der Waals surface area contributed by atoms with Crippen molar-refractivity contribution in [2.24, 2.45) is 5.92 Å². The molecule has 0 aromatic carbocycles. The SMILES string of the molecule is CN(C)C1CCC(c2cn3c4c(ncc3n2)CC=C4C2CCOCC2)CC1. The van der Waals surface area contributed by atoms with Crippen molar-refractivity contribution in [2.45, 2.75) is 56.9 Å². The van der Waals surface area contributed by atoms with E-state index >= 15 is 0 Å². The van der Waals surface area contributed by atoms with Crippen molar-refractivity contribution in [1.82, 2.24) is 19.3 Å². The molecule has 0 N–H and O–H groups in total. The average Bonchev–Trinajstić information content (AvgIpc) is 3.32. The Morgan fingerprint density at radius 3 is 2.56 bits per heavy atom. The molecule has 5 nitrogen and oxygen atoms in total. The van der Waals surface area contributed by atoms with E-state index < -0.39 is 0 Å². The van der Waals surface area contributed by atoms with Gasteiger partial charge in [-0.15, -0.1) is 0 Å².